The molecule has 0 radical (unpaired) electrons. The minimum absolute atomic E-state index is 0. The summed E-state index contributed by atoms with van der Waals surface area (Å²) in [7, 11) is 0. The third kappa shape index (κ3) is 2.18. The first kappa shape index (κ1) is 14.3. The van der Waals surface area contributed by atoms with Crippen LogP contribution in [-0.2, 0) is 6.54 Å². The van der Waals surface area contributed by atoms with Crippen molar-refractivity contribution in [3.63, 3.8) is 0 Å². The fourth-order valence-electron chi connectivity index (χ4n) is 3.91. The third-order valence-corrected chi connectivity index (χ3v) is 5.34. The molecule has 1 unspecified atom stereocenters. The fourth-order valence-corrected chi connectivity index (χ4v) is 3.91. The van der Waals surface area contributed by atoms with E-state index in [1.165, 1.54) is 12.8 Å². The zero-order chi connectivity index (χ0) is 14.0. The highest BCUT2D eigenvalue weighted by molar-refractivity contribution is 5.85. The Balaban J connectivity index is 0.00000125. The lowest BCUT2D eigenvalue weighted by Gasteiger charge is -2.03. The van der Waals surface area contributed by atoms with E-state index in [1.54, 1.807) is 0 Å². The van der Waals surface area contributed by atoms with Crippen LogP contribution in [0.4, 0.5) is 0 Å². The molecule has 2 aliphatic carbocycles. The number of piperidine rings is 1. The van der Waals surface area contributed by atoms with Gasteiger partial charge in [-0.3, -0.25) is 4.68 Å². The fraction of sp³-hybridized carbons (Fsp3) is 0.625. The van der Waals surface area contributed by atoms with Crippen molar-refractivity contribution >= 4 is 12.4 Å². The van der Waals surface area contributed by atoms with Crippen LogP contribution in [-0.4, -0.2) is 28.0 Å². The van der Waals surface area contributed by atoms with Crippen molar-refractivity contribution in [2.24, 2.45) is 17.8 Å². The van der Waals surface area contributed by atoms with Gasteiger partial charge in [-0.05, 0) is 56.7 Å². The summed E-state index contributed by atoms with van der Waals surface area (Å²) in [5, 5.41) is 12.6. The van der Waals surface area contributed by atoms with Gasteiger partial charge in [0.1, 0.15) is 5.76 Å². The monoisotopic (exact) mass is 320 g/mol. The summed E-state index contributed by atoms with van der Waals surface area (Å²) in [5.41, 5.74) is 3.31. The summed E-state index contributed by atoms with van der Waals surface area (Å²) in [6.45, 7) is 5.30. The van der Waals surface area contributed by atoms with Crippen molar-refractivity contribution < 1.29 is 4.52 Å². The number of nitrogens with one attached hydrogen (secondary N) is 1. The molecule has 0 bridgehead atoms. The average Bonchev–Trinajstić information content (AvgIpc) is 3.21. The number of aryl methyl sites for hydroxylation is 1. The van der Waals surface area contributed by atoms with Crippen LogP contribution < -0.4 is 5.32 Å². The Hall–Kier alpha value is -1.33. The summed E-state index contributed by atoms with van der Waals surface area (Å²) in [5.74, 6) is 3.82. The van der Waals surface area contributed by atoms with Gasteiger partial charge in [-0.25, -0.2) is 0 Å². The van der Waals surface area contributed by atoms with E-state index in [0.717, 1.165) is 60.1 Å². The zero-order valence-corrected chi connectivity index (χ0v) is 13.5. The smallest absolute Gasteiger partial charge is 0.143 e. The highest BCUT2D eigenvalue weighted by atomic mass is 35.5. The molecule has 2 aromatic heterocycles. The van der Waals surface area contributed by atoms with Crippen molar-refractivity contribution in [1.29, 1.82) is 0 Å². The minimum Gasteiger partial charge on any atom is -0.361 e. The molecule has 2 aromatic rings. The summed E-state index contributed by atoms with van der Waals surface area (Å²) < 4.78 is 7.58. The lowest BCUT2D eigenvalue weighted by atomic mass is 10.0. The maximum Gasteiger partial charge on any atom is 0.143 e. The number of nitrogens with zero attached hydrogens (tertiary/aromatic N) is 3. The molecule has 0 amide bonds. The quantitative estimate of drug-likeness (QED) is 0.941. The van der Waals surface area contributed by atoms with E-state index in [0.29, 0.717) is 5.92 Å². The lowest BCUT2D eigenvalue weighted by Crippen LogP contribution is -2.14. The molecule has 1 saturated heterocycles. The van der Waals surface area contributed by atoms with Gasteiger partial charge in [0.05, 0.1) is 17.0 Å². The van der Waals surface area contributed by atoms with Gasteiger partial charge in [-0.15, -0.1) is 12.4 Å². The van der Waals surface area contributed by atoms with Gasteiger partial charge >= 0.3 is 0 Å². The maximum atomic E-state index is 5.50. The van der Waals surface area contributed by atoms with Crippen molar-refractivity contribution in [2.45, 2.75) is 32.2 Å². The first-order valence-corrected chi connectivity index (χ1v) is 8.02. The molecule has 2 saturated carbocycles. The minimum atomic E-state index is 0. The SMILES string of the molecule is Cc1onc(C2[C@H]3CNC[C@@H]23)c1-c1ccn(CC2CC2)n1.Cl. The molecule has 22 heavy (non-hydrogen) atoms. The molecule has 1 aliphatic heterocycles. The molecule has 3 atom stereocenters. The Labute approximate surface area is 135 Å². The predicted octanol–water partition coefficient (Wildman–Crippen LogP) is 2.61. The predicted molar refractivity (Wildman–Crippen MR) is 85.0 cm³/mol. The van der Waals surface area contributed by atoms with Crippen LogP contribution in [0.15, 0.2) is 16.8 Å². The van der Waals surface area contributed by atoms with E-state index in [9.17, 15) is 0 Å². The molecule has 3 heterocycles. The van der Waals surface area contributed by atoms with Gasteiger partial charge in [-0.2, -0.15) is 5.10 Å². The summed E-state index contributed by atoms with van der Waals surface area (Å²) in [6, 6.07) is 2.11. The Morgan fingerprint density at radius 2 is 2.09 bits per heavy atom. The number of hydrogen-bond acceptors (Lipinski definition) is 4. The van der Waals surface area contributed by atoms with Crippen molar-refractivity contribution in [3.8, 4) is 11.3 Å². The number of hydrogen-bond donors (Lipinski definition) is 1. The van der Waals surface area contributed by atoms with E-state index >= 15 is 0 Å². The molecule has 1 N–H and O–H groups in total. The summed E-state index contributed by atoms with van der Waals surface area (Å²) in [4.78, 5) is 0. The van der Waals surface area contributed by atoms with E-state index in [4.69, 9.17) is 9.62 Å². The van der Waals surface area contributed by atoms with Gasteiger partial charge < -0.3 is 9.84 Å². The van der Waals surface area contributed by atoms with Gasteiger partial charge in [-0.1, -0.05) is 5.16 Å². The molecule has 0 spiro atoms. The first-order valence-electron chi connectivity index (χ1n) is 8.02. The maximum absolute atomic E-state index is 5.50. The van der Waals surface area contributed by atoms with Crippen LogP contribution in [0.2, 0.25) is 0 Å². The van der Waals surface area contributed by atoms with Crippen LogP contribution in [0.5, 0.6) is 0 Å². The second kappa shape index (κ2) is 5.10. The van der Waals surface area contributed by atoms with Crippen LogP contribution in [0.3, 0.4) is 0 Å². The Morgan fingerprint density at radius 3 is 2.82 bits per heavy atom. The molecule has 6 heteroatoms. The zero-order valence-electron chi connectivity index (χ0n) is 12.7. The average molecular weight is 321 g/mol. The highest BCUT2D eigenvalue weighted by Gasteiger charge is 2.56. The Kier molecular flexibility index (Phi) is 3.31. The Morgan fingerprint density at radius 1 is 1.32 bits per heavy atom. The van der Waals surface area contributed by atoms with Crippen LogP contribution in [0.1, 0.15) is 30.2 Å². The molecule has 0 aromatic carbocycles. The number of rotatable bonds is 4. The van der Waals surface area contributed by atoms with Crippen molar-refractivity contribution in [2.75, 3.05) is 13.1 Å². The molecular weight excluding hydrogens is 300 g/mol. The van der Waals surface area contributed by atoms with Crippen molar-refractivity contribution in [1.82, 2.24) is 20.3 Å². The summed E-state index contributed by atoms with van der Waals surface area (Å²) >= 11 is 0. The largest absolute Gasteiger partial charge is 0.361 e. The number of halogens is 1. The highest BCUT2D eigenvalue weighted by Crippen LogP contribution is 2.57. The van der Waals surface area contributed by atoms with Crippen LogP contribution in [0, 0.1) is 24.7 Å². The second-order valence-corrected chi connectivity index (χ2v) is 6.88. The summed E-state index contributed by atoms with van der Waals surface area (Å²) in [6.07, 6.45) is 4.80. The van der Waals surface area contributed by atoms with Gasteiger partial charge in [0.2, 0.25) is 0 Å². The molecule has 3 fully saturated rings. The van der Waals surface area contributed by atoms with Gasteiger partial charge in [0, 0.05) is 18.7 Å². The number of aromatic nitrogens is 3. The molecular formula is C16H21ClN4O. The van der Waals surface area contributed by atoms with Crippen molar-refractivity contribution in [3.05, 3.63) is 23.7 Å². The van der Waals surface area contributed by atoms with E-state index in [2.05, 4.69) is 27.4 Å². The molecule has 118 valence electrons. The first-order chi connectivity index (χ1) is 10.3. The molecule has 5 rings (SSSR count). The van der Waals surface area contributed by atoms with E-state index in [1.807, 2.05) is 6.92 Å². The molecule has 3 aliphatic rings. The topological polar surface area (TPSA) is 55.9 Å². The normalized spacial score (nSPS) is 29.2. The Bertz CT molecular complexity index is 680. The third-order valence-electron chi connectivity index (χ3n) is 5.34. The second-order valence-electron chi connectivity index (χ2n) is 6.88. The number of fused-ring (bicyclic) bond motifs is 1. The van der Waals surface area contributed by atoms with E-state index < -0.39 is 0 Å². The van der Waals surface area contributed by atoms with Crippen LogP contribution >= 0.6 is 12.4 Å². The van der Waals surface area contributed by atoms with Gasteiger partial charge in [0.15, 0.2) is 0 Å². The van der Waals surface area contributed by atoms with Gasteiger partial charge in [0.25, 0.3) is 0 Å². The van der Waals surface area contributed by atoms with E-state index in [-0.39, 0.29) is 12.4 Å². The standard InChI is InChI=1S/C16H20N4O.ClH/c1-9-14(13-4-5-20(18-13)8-10-2-3-10)16(19-21-9)15-11-6-17-7-12(11)15;/h4-5,10-12,15,17H,2-3,6-8H2,1H3;1H/t11-,12+,15?;. The molecule has 5 nitrogen and oxygen atoms in total. The lowest BCUT2D eigenvalue weighted by molar-refractivity contribution is 0.388. The van der Waals surface area contributed by atoms with Crippen LogP contribution in [0.25, 0.3) is 11.3 Å².